The molecule has 134 valence electrons. The second-order valence-corrected chi connectivity index (χ2v) is 15.8. The summed E-state index contributed by atoms with van der Waals surface area (Å²) in [6, 6.07) is 1.05. The van der Waals surface area contributed by atoms with E-state index in [4.69, 9.17) is 13.6 Å². The lowest BCUT2D eigenvalue weighted by molar-refractivity contribution is -0.140. The molecule has 0 atom stereocenters. The topological polar surface area (TPSA) is 71.1 Å². The largest absolute Gasteiger partial charge is 0.466 e. The molecule has 0 aromatic rings. The van der Waals surface area contributed by atoms with Crippen molar-refractivity contribution in [2.45, 2.75) is 45.2 Å². The van der Waals surface area contributed by atoms with E-state index in [0.717, 1.165) is 24.6 Å². The normalized spacial score (nSPS) is 12.4. The van der Waals surface area contributed by atoms with Crippen LogP contribution in [0.15, 0.2) is 12.2 Å². The first-order chi connectivity index (χ1) is 10.6. The summed E-state index contributed by atoms with van der Waals surface area (Å²) in [6.07, 6.45) is 3.00. The highest BCUT2D eigenvalue weighted by atomic mass is 28.4. The van der Waals surface area contributed by atoms with Crippen molar-refractivity contribution in [2.24, 2.45) is 0 Å². The number of esters is 2. The molecule has 0 aromatic heterocycles. The Bertz CT molecular complexity index is 401. The van der Waals surface area contributed by atoms with Gasteiger partial charge >= 0.3 is 11.9 Å². The van der Waals surface area contributed by atoms with Gasteiger partial charge in [-0.15, -0.1) is 0 Å². The number of rotatable bonds is 11. The maximum atomic E-state index is 11.2. The SMILES string of the molecule is COC(=O)/C=C/C(=O)OCCOCCC[Si](C)(C)O[Si](C)(C)C. The van der Waals surface area contributed by atoms with E-state index in [1.54, 1.807) is 0 Å². The van der Waals surface area contributed by atoms with Crippen LogP contribution in [0, 0.1) is 0 Å². The molecule has 0 saturated heterocycles. The molecule has 0 aliphatic heterocycles. The van der Waals surface area contributed by atoms with Gasteiger partial charge in [0, 0.05) is 18.8 Å². The summed E-state index contributed by atoms with van der Waals surface area (Å²) in [5, 5.41) is 0. The predicted molar refractivity (Wildman–Crippen MR) is 94.3 cm³/mol. The van der Waals surface area contributed by atoms with E-state index in [0.29, 0.717) is 13.2 Å². The lowest BCUT2D eigenvalue weighted by Gasteiger charge is -2.31. The highest BCUT2D eigenvalue weighted by Gasteiger charge is 2.28. The average molecular weight is 363 g/mol. The molecular weight excluding hydrogens is 332 g/mol. The van der Waals surface area contributed by atoms with E-state index in [1.807, 2.05) is 0 Å². The summed E-state index contributed by atoms with van der Waals surface area (Å²) >= 11 is 0. The van der Waals surface area contributed by atoms with Gasteiger partial charge in [-0.1, -0.05) is 0 Å². The summed E-state index contributed by atoms with van der Waals surface area (Å²) in [5.74, 6) is -1.18. The number of carbonyl (C=O) groups excluding carboxylic acids is 2. The minimum atomic E-state index is -1.61. The Hall–Kier alpha value is -0.966. The molecule has 0 unspecified atom stereocenters. The van der Waals surface area contributed by atoms with Gasteiger partial charge in [0.25, 0.3) is 0 Å². The minimum absolute atomic E-state index is 0.163. The molecule has 0 amide bonds. The predicted octanol–water partition coefficient (Wildman–Crippen LogP) is 2.72. The first-order valence-electron chi connectivity index (χ1n) is 7.76. The summed E-state index contributed by atoms with van der Waals surface area (Å²) in [5.41, 5.74) is 0. The second kappa shape index (κ2) is 10.7. The van der Waals surface area contributed by atoms with Crippen LogP contribution in [0.25, 0.3) is 0 Å². The first kappa shape index (κ1) is 22.0. The molecular formula is C15H30O6Si2. The van der Waals surface area contributed by atoms with E-state index in [9.17, 15) is 9.59 Å². The van der Waals surface area contributed by atoms with Crippen molar-refractivity contribution in [1.82, 2.24) is 0 Å². The zero-order valence-electron chi connectivity index (χ0n) is 15.1. The Balaban J connectivity index is 3.69. The van der Waals surface area contributed by atoms with Crippen LogP contribution in [-0.4, -0.2) is 55.5 Å². The van der Waals surface area contributed by atoms with E-state index >= 15 is 0 Å². The van der Waals surface area contributed by atoms with Gasteiger partial charge in [-0.3, -0.25) is 0 Å². The second-order valence-electron chi connectivity index (χ2n) is 6.71. The van der Waals surface area contributed by atoms with Gasteiger partial charge in [-0.25, -0.2) is 9.59 Å². The van der Waals surface area contributed by atoms with Crippen LogP contribution in [0.3, 0.4) is 0 Å². The summed E-state index contributed by atoms with van der Waals surface area (Å²) in [6.45, 7) is 12.2. The van der Waals surface area contributed by atoms with Crippen molar-refractivity contribution in [3.63, 3.8) is 0 Å². The number of ether oxygens (including phenoxy) is 3. The molecule has 0 N–H and O–H groups in total. The summed E-state index contributed by atoms with van der Waals surface area (Å²) in [4.78, 5) is 22.0. The summed E-state index contributed by atoms with van der Waals surface area (Å²) in [7, 11) is -1.85. The fourth-order valence-corrected chi connectivity index (χ4v) is 10.1. The maximum Gasteiger partial charge on any atom is 0.331 e. The Kier molecular flexibility index (Phi) is 10.3. The monoisotopic (exact) mass is 362 g/mol. The lowest BCUT2D eigenvalue weighted by Crippen LogP contribution is -2.42. The van der Waals surface area contributed by atoms with Gasteiger partial charge in [0.1, 0.15) is 6.61 Å². The van der Waals surface area contributed by atoms with Crippen molar-refractivity contribution in [3.8, 4) is 0 Å². The number of hydrogen-bond donors (Lipinski definition) is 0. The molecule has 23 heavy (non-hydrogen) atoms. The van der Waals surface area contributed by atoms with Gasteiger partial charge in [-0.2, -0.15) is 0 Å². The van der Waals surface area contributed by atoms with E-state index in [-0.39, 0.29) is 6.61 Å². The molecule has 0 saturated carbocycles. The van der Waals surface area contributed by atoms with Gasteiger partial charge < -0.3 is 18.3 Å². The highest BCUT2D eigenvalue weighted by Crippen LogP contribution is 2.19. The van der Waals surface area contributed by atoms with Crippen LogP contribution in [0.4, 0.5) is 0 Å². The van der Waals surface area contributed by atoms with Crippen LogP contribution < -0.4 is 0 Å². The third-order valence-electron chi connectivity index (χ3n) is 2.68. The summed E-state index contributed by atoms with van der Waals surface area (Å²) < 4.78 is 20.9. The van der Waals surface area contributed by atoms with Crippen molar-refractivity contribution >= 4 is 28.6 Å². The van der Waals surface area contributed by atoms with Crippen LogP contribution in [-0.2, 0) is 27.9 Å². The molecule has 0 fully saturated rings. The Morgan fingerprint density at radius 2 is 1.52 bits per heavy atom. The van der Waals surface area contributed by atoms with Crippen LogP contribution in [0.1, 0.15) is 6.42 Å². The highest BCUT2D eigenvalue weighted by molar-refractivity contribution is 6.84. The molecule has 0 aromatic carbocycles. The van der Waals surface area contributed by atoms with Crippen LogP contribution >= 0.6 is 0 Å². The zero-order chi connectivity index (χ0) is 17.9. The van der Waals surface area contributed by atoms with Gasteiger partial charge in [-0.05, 0) is 45.2 Å². The van der Waals surface area contributed by atoms with Crippen molar-refractivity contribution in [2.75, 3.05) is 26.9 Å². The Morgan fingerprint density at radius 1 is 0.913 bits per heavy atom. The number of hydrogen-bond acceptors (Lipinski definition) is 6. The lowest BCUT2D eigenvalue weighted by atomic mass is 10.5. The third-order valence-corrected chi connectivity index (χ3v) is 8.90. The quantitative estimate of drug-likeness (QED) is 0.244. The standard InChI is InChI=1S/C15H30O6Si2/c1-18-14(16)8-9-15(17)20-12-11-19-10-7-13-23(5,6)21-22(2,3)4/h8-9H,7,10-13H2,1-6H3/b9-8+. The molecule has 0 rings (SSSR count). The zero-order valence-corrected chi connectivity index (χ0v) is 17.1. The Morgan fingerprint density at radius 3 is 2.09 bits per heavy atom. The maximum absolute atomic E-state index is 11.2. The average Bonchev–Trinajstić information content (AvgIpc) is 2.40. The molecule has 0 aliphatic carbocycles. The Labute approximate surface area is 141 Å². The fraction of sp³-hybridized carbons (Fsp3) is 0.733. The van der Waals surface area contributed by atoms with E-state index < -0.39 is 28.6 Å². The van der Waals surface area contributed by atoms with Crippen molar-refractivity contribution < 1.29 is 27.9 Å². The van der Waals surface area contributed by atoms with Gasteiger partial charge in [0.15, 0.2) is 16.6 Å². The number of carbonyl (C=O) groups is 2. The van der Waals surface area contributed by atoms with Gasteiger partial charge in [0.05, 0.1) is 13.7 Å². The third kappa shape index (κ3) is 14.4. The van der Waals surface area contributed by atoms with E-state index in [1.165, 1.54) is 7.11 Å². The fourth-order valence-electron chi connectivity index (χ4n) is 2.04. The molecule has 0 radical (unpaired) electrons. The van der Waals surface area contributed by atoms with Crippen molar-refractivity contribution in [1.29, 1.82) is 0 Å². The molecule has 6 nitrogen and oxygen atoms in total. The van der Waals surface area contributed by atoms with Crippen molar-refractivity contribution in [3.05, 3.63) is 12.2 Å². The van der Waals surface area contributed by atoms with E-state index in [2.05, 4.69) is 37.5 Å². The molecule has 0 aliphatic rings. The molecule has 8 heteroatoms. The number of methoxy groups -OCH3 is 1. The first-order valence-corrected chi connectivity index (χ1v) is 14.3. The minimum Gasteiger partial charge on any atom is -0.466 e. The molecule has 0 heterocycles. The van der Waals surface area contributed by atoms with Crippen LogP contribution in [0.5, 0.6) is 0 Å². The molecule has 0 bridgehead atoms. The van der Waals surface area contributed by atoms with Gasteiger partial charge in [0.2, 0.25) is 0 Å². The van der Waals surface area contributed by atoms with Crippen LogP contribution in [0.2, 0.25) is 38.8 Å². The smallest absolute Gasteiger partial charge is 0.331 e. The molecule has 0 spiro atoms.